The number of phenols is 1. The van der Waals surface area contributed by atoms with Crippen molar-refractivity contribution in [3.05, 3.63) is 107 Å². The number of allylic oxidation sites excluding steroid dienone is 1. The molecule has 4 aromatic rings. The van der Waals surface area contributed by atoms with Gasteiger partial charge in [0.25, 0.3) is 0 Å². The monoisotopic (exact) mass is 453 g/mol. The van der Waals surface area contributed by atoms with Crippen molar-refractivity contribution in [3.63, 3.8) is 0 Å². The summed E-state index contributed by atoms with van der Waals surface area (Å²) in [5.41, 5.74) is 2.78. The predicted molar refractivity (Wildman–Crippen MR) is 130 cm³/mol. The van der Waals surface area contributed by atoms with Crippen LogP contribution in [0.2, 0.25) is 0 Å². The number of phenolic OH excluding ortho intramolecular Hbond substituents is 1. The van der Waals surface area contributed by atoms with Gasteiger partial charge in [-0.1, -0.05) is 42.5 Å². The van der Waals surface area contributed by atoms with Crippen LogP contribution in [0.15, 0.2) is 84.9 Å². The Hall–Kier alpha value is -4.45. The molecule has 4 rings (SSSR count). The predicted octanol–water partition coefficient (Wildman–Crippen LogP) is 5.59. The topological polar surface area (TPSA) is 85.7 Å². The van der Waals surface area contributed by atoms with Gasteiger partial charge in [0, 0.05) is 5.39 Å². The van der Waals surface area contributed by atoms with Crippen molar-refractivity contribution in [2.45, 2.75) is 13.5 Å². The summed E-state index contributed by atoms with van der Waals surface area (Å²) in [7, 11) is 0. The van der Waals surface area contributed by atoms with Crippen molar-refractivity contribution in [2.75, 3.05) is 6.61 Å². The van der Waals surface area contributed by atoms with E-state index in [4.69, 9.17) is 9.47 Å². The van der Waals surface area contributed by atoms with Gasteiger partial charge in [-0.15, -0.1) is 0 Å². The first kappa shape index (κ1) is 22.7. The number of benzene rings is 3. The molecule has 0 aliphatic rings. The summed E-state index contributed by atoms with van der Waals surface area (Å²) in [6.07, 6.45) is 2.98. The lowest BCUT2D eigenvalue weighted by atomic mass is 10.0. The summed E-state index contributed by atoms with van der Waals surface area (Å²) < 4.78 is 10.8. The van der Waals surface area contributed by atoms with Crippen LogP contribution in [0, 0.1) is 0 Å². The van der Waals surface area contributed by atoms with Gasteiger partial charge in [-0.05, 0) is 61.0 Å². The van der Waals surface area contributed by atoms with Crippen LogP contribution in [0.25, 0.3) is 17.0 Å². The maximum absolute atomic E-state index is 12.6. The Balaban J connectivity index is 1.39. The van der Waals surface area contributed by atoms with E-state index in [0.29, 0.717) is 12.4 Å². The van der Waals surface area contributed by atoms with Crippen LogP contribution in [-0.4, -0.2) is 28.4 Å². The number of rotatable bonds is 8. The Labute approximate surface area is 197 Å². The minimum atomic E-state index is -0.546. The fourth-order valence-corrected chi connectivity index (χ4v) is 3.36. The van der Waals surface area contributed by atoms with Gasteiger partial charge in [0.05, 0.1) is 28.9 Å². The van der Waals surface area contributed by atoms with Crippen molar-refractivity contribution in [1.82, 2.24) is 4.98 Å². The molecule has 1 N–H and O–H groups in total. The van der Waals surface area contributed by atoms with Gasteiger partial charge in [0.2, 0.25) is 0 Å². The summed E-state index contributed by atoms with van der Waals surface area (Å²) in [4.78, 5) is 29.1. The second-order valence-electron chi connectivity index (χ2n) is 7.50. The molecule has 0 saturated heterocycles. The third-order valence-corrected chi connectivity index (χ3v) is 5.12. The smallest absolute Gasteiger partial charge is 0.338 e. The lowest BCUT2D eigenvalue weighted by Crippen LogP contribution is -2.06. The van der Waals surface area contributed by atoms with Gasteiger partial charge in [0.1, 0.15) is 18.1 Å². The maximum Gasteiger partial charge on any atom is 0.338 e. The van der Waals surface area contributed by atoms with E-state index >= 15 is 0 Å². The highest BCUT2D eigenvalue weighted by Gasteiger charge is 2.14. The van der Waals surface area contributed by atoms with Gasteiger partial charge >= 0.3 is 5.97 Å². The summed E-state index contributed by atoms with van der Waals surface area (Å²) in [5.74, 6) is -0.492. The highest BCUT2D eigenvalue weighted by molar-refractivity contribution is 6.09. The van der Waals surface area contributed by atoms with Crippen molar-refractivity contribution in [2.24, 2.45) is 0 Å². The molecule has 1 aromatic heterocycles. The van der Waals surface area contributed by atoms with Crippen molar-refractivity contribution < 1.29 is 24.2 Å². The van der Waals surface area contributed by atoms with E-state index < -0.39 is 11.8 Å². The van der Waals surface area contributed by atoms with Crippen molar-refractivity contribution in [3.8, 4) is 11.5 Å². The van der Waals surface area contributed by atoms with E-state index in [1.165, 1.54) is 24.3 Å². The molecule has 0 radical (unpaired) electrons. The Morgan fingerprint density at radius 2 is 1.76 bits per heavy atom. The molecule has 0 saturated carbocycles. The zero-order chi connectivity index (χ0) is 23.9. The molecular formula is C28H23NO5. The van der Waals surface area contributed by atoms with E-state index in [9.17, 15) is 14.7 Å². The first-order valence-electron chi connectivity index (χ1n) is 10.8. The van der Waals surface area contributed by atoms with Crippen LogP contribution in [0.3, 0.4) is 0 Å². The van der Waals surface area contributed by atoms with Crippen LogP contribution in [0.1, 0.15) is 38.9 Å². The number of hydrogen-bond donors (Lipinski definition) is 1. The van der Waals surface area contributed by atoms with E-state index in [2.05, 4.69) is 4.98 Å². The molecule has 0 spiro atoms. The number of nitrogens with zero attached hydrogens (tertiary/aromatic N) is 1. The molecule has 0 aliphatic carbocycles. The average molecular weight is 453 g/mol. The lowest BCUT2D eigenvalue weighted by molar-refractivity contribution is 0.0526. The number of esters is 1. The molecule has 170 valence electrons. The first-order chi connectivity index (χ1) is 16.5. The zero-order valence-corrected chi connectivity index (χ0v) is 18.6. The standard InChI is InChI=1S/C28H23NO5/c1-2-33-28(32)21-11-16-27(31)24(17-21)26(30)15-9-19-7-13-23(14-8-19)34-18-22-12-10-20-5-3-4-6-25(20)29-22/h3-17,31H,2,18H2,1H3. The van der Waals surface area contributed by atoms with E-state index in [1.54, 1.807) is 13.0 Å². The average Bonchev–Trinajstić information content (AvgIpc) is 2.87. The molecule has 34 heavy (non-hydrogen) atoms. The minimum Gasteiger partial charge on any atom is -0.507 e. The first-order valence-corrected chi connectivity index (χ1v) is 10.8. The molecule has 3 aromatic carbocycles. The van der Waals surface area contributed by atoms with Crippen LogP contribution < -0.4 is 4.74 Å². The molecule has 0 atom stereocenters. The number of ketones is 1. The Morgan fingerprint density at radius 3 is 2.56 bits per heavy atom. The van der Waals surface area contributed by atoms with Crippen LogP contribution in [0.5, 0.6) is 11.5 Å². The lowest BCUT2D eigenvalue weighted by Gasteiger charge is -2.07. The molecule has 6 nitrogen and oxygen atoms in total. The SMILES string of the molecule is CCOC(=O)c1ccc(O)c(C(=O)C=Cc2ccc(OCc3ccc4ccccc4n3)cc2)c1. The summed E-state index contributed by atoms with van der Waals surface area (Å²) >= 11 is 0. The highest BCUT2D eigenvalue weighted by Crippen LogP contribution is 2.21. The number of carbonyl (C=O) groups excluding carboxylic acids is 2. The largest absolute Gasteiger partial charge is 0.507 e. The van der Waals surface area contributed by atoms with Crippen LogP contribution >= 0.6 is 0 Å². The number of pyridine rings is 1. The molecule has 0 bridgehead atoms. The summed E-state index contributed by atoms with van der Waals surface area (Å²) in [6, 6.07) is 23.2. The maximum atomic E-state index is 12.6. The van der Waals surface area contributed by atoms with Gasteiger partial charge in [-0.25, -0.2) is 9.78 Å². The van der Waals surface area contributed by atoms with E-state index in [1.807, 2.05) is 60.7 Å². The molecule has 0 unspecified atom stereocenters. The number of para-hydroxylation sites is 1. The number of ether oxygens (including phenoxy) is 2. The number of hydrogen-bond acceptors (Lipinski definition) is 6. The Morgan fingerprint density at radius 1 is 0.971 bits per heavy atom. The second-order valence-corrected chi connectivity index (χ2v) is 7.50. The van der Waals surface area contributed by atoms with Crippen molar-refractivity contribution >= 4 is 28.7 Å². The fraction of sp³-hybridized carbons (Fsp3) is 0.107. The van der Waals surface area contributed by atoms with E-state index in [0.717, 1.165) is 22.2 Å². The van der Waals surface area contributed by atoms with Crippen molar-refractivity contribution in [1.29, 1.82) is 0 Å². The van der Waals surface area contributed by atoms with Gasteiger partial charge in [-0.2, -0.15) is 0 Å². The second kappa shape index (κ2) is 10.4. The quantitative estimate of drug-likeness (QED) is 0.213. The van der Waals surface area contributed by atoms with Gasteiger partial charge < -0.3 is 14.6 Å². The number of aromatic hydroxyl groups is 1. The highest BCUT2D eigenvalue weighted by atomic mass is 16.5. The molecule has 0 amide bonds. The number of aromatic nitrogens is 1. The molecular weight excluding hydrogens is 430 g/mol. The Bertz CT molecular complexity index is 1360. The summed E-state index contributed by atoms with van der Waals surface area (Å²) in [5, 5.41) is 11.1. The normalized spacial score (nSPS) is 11.0. The fourth-order valence-electron chi connectivity index (χ4n) is 3.36. The molecule has 0 fully saturated rings. The third-order valence-electron chi connectivity index (χ3n) is 5.12. The zero-order valence-electron chi connectivity index (χ0n) is 18.6. The number of carbonyl (C=O) groups is 2. The van der Waals surface area contributed by atoms with Crippen LogP contribution in [-0.2, 0) is 11.3 Å². The minimum absolute atomic E-state index is 0.0321. The Kier molecular flexibility index (Phi) is 6.98. The molecule has 6 heteroatoms. The summed E-state index contributed by atoms with van der Waals surface area (Å²) in [6.45, 7) is 2.26. The molecule has 0 aliphatic heterocycles. The third kappa shape index (κ3) is 5.48. The van der Waals surface area contributed by atoms with Crippen LogP contribution in [0.4, 0.5) is 0 Å². The van der Waals surface area contributed by atoms with E-state index in [-0.39, 0.29) is 23.5 Å². The van der Waals surface area contributed by atoms with Gasteiger partial charge in [-0.3, -0.25) is 4.79 Å². The number of fused-ring (bicyclic) bond motifs is 1. The van der Waals surface area contributed by atoms with Gasteiger partial charge in [0.15, 0.2) is 5.78 Å². The molecule has 1 heterocycles.